The molecular formula is C27H32N2O6. The van der Waals surface area contributed by atoms with Gasteiger partial charge in [-0.25, -0.2) is 4.79 Å². The van der Waals surface area contributed by atoms with Gasteiger partial charge in [0, 0.05) is 31.6 Å². The van der Waals surface area contributed by atoms with E-state index in [0.29, 0.717) is 32.5 Å². The van der Waals surface area contributed by atoms with Crippen LogP contribution < -0.4 is 10.6 Å². The van der Waals surface area contributed by atoms with Gasteiger partial charge in [0.25, 0.3) is 0 Å². The van der Waals surface area contributed by atoms with E-state index in [9.17, 15) is 19.5 Å². The Hall–Kier alpha value is -3.39. The van der Waals surface area contributed by atoms with Crippen LogP contribution in [0.25, 0.3) is 11.1 Å². The number of alkyl carbamates (subject to hydrolysis) is 1. The molecule has 1 heterocycles. The topological polar surface area (TPSA) is 114 Å². The summed E-state index contributed by atoms with van der Waals surface area (Å²) in [5.74, 6) is -1.19. The van der Waals surface area contributed by atoms with Crippen LogP contribution in [0.5, 0.6) is 0 Å². The maximum atomic E-state index is 12.5. The van der Waals surface area contributed by atoms with Crippen molar-refractivity contribution < 1.29 is 29.0 Å². The number of carbonyl (C=O) groups excluding carboxylic acids is 2. The molecule has 186 valence electrons. The Morgan fingerprint density at radius 2 is 1.66 bits per heavy atom. The minimum Gasteiger partial charge on any atom is -0.481 e. The molecule has 1 unspecified atom stereocenters. The second-order valence-corrected chi connectivity index (χ2v) is 9.42. The lowest BCUT2D eigenvalue weighted by Crippen LogP contribution is -2.53. The molecule has 8 heteroatoms. The molecule has 0 radical (unpaired) electrons. The van der Waals surface area contributed by atoms with Gasteiger partial charge in [-0.2, -0.15) is 0 Å². The first-order chi connectivity index (χ1) is 16.9. The van der Waals surface area contributed by atoms with E-state index in [1.54, 1.807) is 0 Å². The zero-order valence-electron chi connectivity index (χ0n) is 19.9. The Labute approximate surface area is 205 Å². The lowest BCUT2D eigenvalue weighted by atomic mass is 9.86. The number of ether oxygens (including phenoxy) is 2. The van der Waals surface area contributed by atoms with E-state index in [-0.39, 0.29) is 37.3 Å². The van der Waals surface area contributed by atoms with Crippen LogP contribution >= 0.6 is 0 Å². The number of fused-ring (bicyclic) bond motifs is 3. The number of carbonyl (C=O) groups is 3. The number of benzene rings is 2. The highest BCUT2D eigenvalue weighted by molar-refractivity contribution is 5.79. The third-order valence-electron chi connectivity index (χ3n) is 6.86. The Morgan fingerprint density at radius 3 is 2.26 bits per heavy atom. The summed E-state index contributed by atoms with van der Waals surface area (Å²) in [6.07, 6.45) is 0.877. The van der Waals surface area contributed by atoms with Crippen LogP contribution in [0, 0.1) is 0 Å². The van der Waals surface area contributed by atoms with Crippen LogP contribution in [0.2, 0.25) is 0 Å². The molecule has 2 aliphatic rings. The first-order valence-corrected chi connectivity index (χ1v) is 12.1. The summed E-state index contributed by atoms with van der Waals surface area (Å²) in [6.45, 7) is 2.89. The third-order valence-corrected chi connectivity index (χ3v) is 6.86. The summed E-state index contributed by atoms with van der Waals surface area (Å²) in [7, 11) is 0. The summed E-state index contributed by atoms with van der Waals surface area (Å²) < 4.78 is 10.9. The minimum atomic E-state index is -0.947. The molecule has 1 atom stereocenters. The number of hydrogen-bond donors (Lipinski definition) is 3. The van der Waals surface area contributed by atoms with E-state index >= 15 is 0 Å². The maximum absolute atomic E-state index is 12.5. The largest absolute Gasteiger partial charge is 0.481 e. The fourth-order valence-electron chi connectivity index (χ4n) is 5.02. The van der Waals surface area contributed by atoms with E-state index in [1.807, 2.05) is 31.2 Å². The molecule has 2 amide bonds. The van der Waals surface area contributed by atoms with Gasteiger partial charge in [-0.1, -0.05) is 48.5 Å². The molecule has 35 heavy (non-hydrogen) atoms. The molecular weight excluding hydrogens is 448 g/mol. The van der Waals surface area contributed by atoms with E-state index in [1.165, 1.54) is 11.1 Å². The molecule has 1 aliphatic carbocycles. The molecule has 2 aromatic rings. The first kappa shape index (κ1) is 24.7. The highest BCUT2D eigenvalue weighted by atomic mass is 16.5. The van der Waals surface area contributed by atoms with Crippen molar-refractivity contribution >= 4 is 18.0 Å². The monoisotopic (exact) mass is 480 g/mol. The SMILES string of the molecule is CC(CCC(=O)NC1(CC(=O)O)CCOCC1)NC(=O)OCC1c2ccccc2-c2ccccc21. The van der Waals surface area contributed by atoms with Crippen LogP contribution in [-0.2, 0) is 19.1 Å². The number of amides is 2. The van der Waals surface area contributed by atoms with Crippen LogP contribution in [0.3, 0.4) is 0 Å². The molecule has 0 bridgehead atoms. The van der Waals surface area contributed by atoms with Crippen LogP contribution in [-0.4, -0.2) is 54.5 Å². The van der Waals surface area contributed by atoms with Crippen LogP contribution in [0.15, 0.2) is 48.5 Å². The number of carboxylic acids is 1. The highest BCUT2D eigenvalue weighted by Crippen LogP contribution is 2.44. The summed E-state index contributed by atoms with van der Waals surface area (Å²) in [4.78, 5) is 36.3. The fourth-order valence-corrected chi connectivity index (χ4v) is 5.02. The van der Waals surface area contributed by atoms with E-state index in [4.69, 9.17) is 9.47 Å². The average molecular weight is 481 g/mol. The Kier molecular flexibility index (Phi) is 7.70. The van der Waals surface area contributed by atoms with Crippen molar-refractivity contribution in [3.8, 4) is 11.1 Å². The molecule has 0 saturated carbocycles. The number of rotatable bonds is 9. The van der Waals surface area contributed by atoms with Gasteiger partial charge in [0.2, 0.25) is 5.91 Å². The summed E-state index contributed by atoms with van der Waals surface area (Å²) in [5, 5.41) is 15.0. The molecule has 0 spiro atoms. The minimum absolute atomic E-state index is 0.0147. The van der Waals surface area contributed by atoms with Gasteiger partial charge >= 0.3 is 12.1 Å². The Bertz CT molecular complexity index is 1030. The summed E-state index contributed by atoms with van der Waals surface area (Å²) in [5.41, 5.74) is 3.86. The van der Waals surface area contributed by atoms with Gasteiger partial charge in [0.1, 0.15) is 6.61 Å². The Morgan fingerprint density at radius 1 is 1.06 bits per heavy atom. The van der Waals surface area contributed by atoms with Crippen molar-refractivity contribution in [2.75, 3.05) is 19.8 Å². The molecule has 2 aromatic carbocycles. The average Bonchev–Trinajstić information content (AvgIpc) is 3.15. The Balaban J connectivity index is 1.25. The first-order valence-electron chi connectivity index (χ1n) is 12.1. The molecule has 4 rings (SSSR count). The quantitative estimate of drug-likeness (QED) is 0.503. The molecule has 3 N–H and O–H groups in total. The van der Waals surface area contributed by atoms with E-state index in [0.717, 1.165) is 11.1 Å². The van der Waals surface area contributed by atoms with Crippen molar-refractivity contribution in [1.29, 1.82) is 0 Å². The van der Waals surface area contributed by atoms with Gasteiger partial charge < -0.3 is 25.2 Å². The zero-order valence-corrected chi connectivity index (χ0v) is 19.9. The predicted octanol–water partition coefficient (Wildman–Crippen LogP) is 3.83. The number of carboxylic acid groups (broad SMARTS) is 1. The summed E-state index contributed by atoms with van der Waals surface area (Å²) >= 11 is 0. The molecule has 8 nitrogen and oxygen atoms in total. The van der Waals surface area contributed by atoms with Gasteiger partial charge in [0.05, 0.1) is 12.0 Å². The smallest absolute Gasteiger partial charge is 0.407 e. The second-order valence-electron chi connectivity index (χ2n) is 9.42. The maximum Gasteiger partial charge on any atom is 0.407 e. The van der Waals surface area contributed by atoms with Gasteiger partial charge in [0.15, 0.2) is 0 Å². The van der Waals surface area contributed by atoms with Gasteiger partial charge in [-0.05, 0) is 48.4 Å². The van der Waals surface area contributed by atoms with Crippen LogP contribution in [0.4, 0.5) is 4.79 Å². The van der Waals surface area contributed by atoms with Gasteiger partial charge in [-0.15, -0.1) is 0 Å². The lowest BCUT2D eigenvalue weighted by molar-refractivity contribution is -0.140. The second kappa shape index (κ2) is 10.9. The molecule has 1 aliphatic heterocycles. The number of aliphatic carboxylic acids is 1. The third kappa shape index (κ3) is 6.00. The molecule has 1 fully saturated rings. The normalized spacial score (nSPS) is 17.1. The standard InChI is InChI=1S/C27H32N2O6/c1-18(10-11-24(30)29-27(16-25(31)32)12-14-34-15-13-27)28-26(33)35-17-23-21-8-4-2-6-19(21)20-7-3-5-9-22(20)23/h2-9,18,23H,10-17H2,1H3,(H,28,33)(H,29,30)(H,31,32). The highest BCUT2D eigenvalue weighted by Gasteiger charge is 2.36. The predicted molar refractivity (Wildman–Crippen MR) is 130 cm³/mol. The van der Waals surface area contributed by atoms with Crippen molar-refractivity contribution in [1.82, 2.24) is 10.6 Å². The number of hydrogen-bond acceptors (Lipinski definition) is 5. The molecule has 0 aromatic heterocycles. The number of nitrogens with one attached hydrogen (secondary N) is 2. The van der Waals surface area contributed by atoms with Crippen LogP contribution in [0.1, 0.15) is 56.1 Å². The van der Waals surface area contributed by atoms with Crippen molar-refractivity contribution in [3.63, 3.8) is 0 Å². The van der Waals surface area contributed by atoms with E-state index in [2.05, 4.69) is 34.9 Å². The van der Waals surface area contributed by atoms with E-state index < -0.39 is 17.6 Å². The molecule has 1 saturated heterocycles. The van der Waals surface area contributed by atoms with Crippen molar-refractivity contribution in [2.45, 2.75) is 56.5 Å². The zero-order chi connectivity index (χ0) is 24.8. The summed E-state index contributed by atoms with van der Waals surface area (Å²) in [6, 6.07) is 16.0. The fraction of sp³-hybridized carbons (Fsp3) is 0.444. The van der Waals surface area contributed by atoms with Crippen molar-refractivity contribution in [2.24, 2.45) is 0 Å². The van der Waals surface area contributed by atoms with Gasteiger partial charge in [-0.3, -0.25) is 9.59 Å². The lowest BCUT2D eigenvalue weighted by Gasteiger charge is -2.37. The van der Waals surface area contributed by atoms with Crippen molar-refractivity contribution in [3.05, 3.63) is 59.7 Å².